The van der Waals surface area contributed by atoms with Gasteiger partial charge in [-0.15, -0.1) is 0 Å². The van der Waals surface area contributed by atoms with Crippen molar-refractivity contribution in [2.45, 2.75) is 52.9 Å². The summed E-state index contributed by atoms with van der Waals surface area (Å²) in [6.07, 6.45) is 6.55. The molecule has 0 bridgehead atoms. The fraction of sp³-hybridized carbons (Fsp3) is 0.591. The molecule has 2 fully saturated rings. The maximum absolute atomic E-state index is 13.2. The van der Waals surface area contributed by atoms with Crippen molar-refractivity contribution < 1.29 is 14.4 Å². The lowest BCUT2D eigenvalue weighted by Gasteiger charge is -2.45. The first-order chi connectivity index (χ1) is 13.8. The van der Waals surface area contributed by atoms with Gasteiger partial charge in [-0.3, -0.25) is 19.5 Å². The summed E-state index contributed by atoms with van der Waals surface area (Å²) >= 11 is 0. The van der Waals surface area contributed by atoms with Gasteiger partial charge in [0.25, 0.3) is 5.91 Å². The lowest BCUT2D eigenvalue weighted by atomic mass is 9.61. The lowest BCUT2D eigenvalue weighted by molar-refractivity contribution is -0.140. The summed E-state index contributed by atoms with van der Waals surface area (Å²) in [5, 5.41) is 6.33. The first kappa shape index (κ1) is 19.7. The van der Waals surface area contributed by atoms with Gasteiger partial charge in [0.1, 0.15) is 17.9 Å². The van der Waals surface area contributed by atoms with Gasteiger partial charge in [0, 0.05) is 25.9 Å². The first-order valence-corrected chi connectivity index (χ1v) is 10.4. The monoisotopic (exact) mass is 396 g/mol. The standard InChI is InChI=1S/C22H28N4O3/c1-13-8-14(2)18(15(3)9-13)19-16(27)10-22(11-17(19)28)4-6-26(7-5-22)21(29)20-23-12-24-25-20/h8,12,15,19H,4-7,9-11H2,1-3H3,(H,23,24,25). The van der Waals surface area contributed by atoms with E-state index in [2.05, 4.69) is 35.1 Å². The molecule has 1 aromatic heterocycles. The number of nitrogens with one attached hydrogen (secondary N) is 1. The van der Waals surface area contributed by atoms with Crippen LogP contribution in [0.3, 0.4) is 0 Å². The number of hydrogen-bond donors (Lipinski definition) is 1. The summed E-state index contributed by atoms with van der Waals surface area (Å²) in [4.78, 5) is 44.5. The Morgan fingerprint density at radius 1 is 1.17 bits per heavy atom. The Balaban J connectivity index is 1.48. The quantitative estimate of drug-likeness (QED) is 0.776. The number of amides is 1. The zero-order valence-electron chi connectivity index (χ0n) is 17.3. The van der Waals surface area contributed by atoms with Gasteiger partial charge in [-0.1, -0.05) is 24.1 Å². The van der Waals surface area contributed by atoms with Crippen molar-refractivity contribution in [2.24, 2.45) is 17.3 Å². The number of aromatic nitrogens is 3. The van der Waals surface area contributed by atoms with E-state index >= 15 is 0 Å². The number of piperidine rings is 1. The van der Waals surface area contributed by atoms with Crippen LogP contribution in [0.15, 0.2) is 29.1 Å². The van der Waals surface area contributed by atoms with Gasteiger partial charge < -0.3 is 4.90 Å². The van der Waals surface area contributed by atoms with E-state index in [1.165, 1.54) is 11.9 Å². The SMILES string of the molecule is CC1=CC(C)=C(C2C(=O)CC3(CCN(C(=O)c4ncn[nH]4)CC3)CC2=O)C(C)C1. The predicted octanol–water partition coefficient (Wildman–Crippen LogP) is 2.88. The minimum absolute atomic E-state index is 0.0606. The van der Waals surface area contributed by atoms with Gasteiger partial charge in [0.15, 0.2) is 0 Å². The summed E-state index contributed by atoms with van der Waals surface area (Å²) in [5.74, 6) is -0.172. The number of aromatic amines is 1. The van der Waals surface area contributed by atoms with Gasteiger partial charge in [0.05, 0.1) is 5.92 Å². The number of nitrogens with zero attached hydrogens (tertiary/aromatic N) is 3. The van der Waals surface area contributed by atoms with E-state index in [1.807, 2.05) is 6.92 Å². The molecular weight excluding hydrogens is 368 g/mol. The molecule has 3 aliphatic rings. The summed E-state index contributed by atoms with van der Waals surface area (Å²) in [6, 6.07) is 0. The number of H-pyrrole nitrogens is 1. The molecule has 1 aromatic rings. The molecule has 1 saturated carbocycles. The van der Waals surface area contributed by atoms with E-state index < -0.39 is 5.92 Å². The Hall–Kier alpha value is -2.57. The number of ketones is 2. The fourth-order valence-electron chi connectivity index (χ4n) is 5.53. The smallest absolute Gasteiger partial charge is 0.291 e. The van der Waals surface area contributed by atoms with Gasteiger partial charge in [-0.2, -0.15) is 5.10 Å². The summed E-state index contributed by atoms with van der Waals surface area (Å²) in [7, 11) is 0. The van der Waals surface area contributed by atoms with Crippen LogP contribution in [-0.2, 0) is 9.59 Å². The molecule has 1 spiro atoms. The van der Waals surface area contributed by atoms with Gasteiger partial charge in [0.2, 0.25) is 5.82 Å². The van der Waals surface area contributed by atoms with Crippen molar-refractivity contribution in [3.63, 3.8) is 0 Å². The molecular formula is C22H28N4O3. The van der Waals surface area contributed by atoms with Crippen LogP contribution in [-0.4, -0.2) is 50.6 Å². The van der Waals surface area contributed by atoms with Crippen LogP contribution >= 0.6 is 0 Å². The Bertz CT molecular complexity index is 884. The van der Waals surface area contributed by atoms with Crippen LogP contribution in [0.25, 0.3) is 0 Å². The van der Waals surface area contributed by atoms with Crippen LogP contribution in [0.1, 0.15) is 63.5 Å². The molecule has 154 valence electrons. The molecule has 2 aliphatic carbocycles. The van der Waals surface area contributed by atoms with Crippen LogP contribution in [0.5, 0.6) is 0 Å². The minimum atomic E-state index is -0.575. The molecule has 1 aliphatic heterocycles. The highest BCUT2D eigenvalue weighted by atomic mass is 16.2. The maximum Gasteiger partial charge on any atom is 0.291 e. The number of allylic oxidation sites excluding steroid dienone is 4. The van der Waals surface area contributed by atoms with Crippen molar-refractivity contribution in [3.05, 3.63) is 34.9 Å². The molecule has 0 radical (unpaired) electrons. The Morgan fingerprint density at radius 3 is 2.38 bits per heavy atom. The zero-order valence-corrected chi connectivity index (χ0v) is 17.3. The minimum Gasteiger partial charge on any atom is -0.336 e. The molecule has 4 rings (SSSR count). The molecule has 1 saturated heterocycles. The lowest BCUT2D eigenvalue weighted by Crippen LogP contribution is -2.49. The average Bonchev–Trinajstić information content (AvgIpc) is 3.18. The van der Waals surface area contributed by atoms with E-state index in [0.29, 0.717) is 38.8 Å². The largest absolute Gasteiger partial charge is 0.336 e. The fourth-order valence-corrected chi connectivity index (χ4v) is 5.53. The highest BCUT2D eigenvalue weighted by Crippen LogP contribution is 2.47. The molecule has 7 nitrogen and oxygen atoms in total. The molecule has 1 atom stereocenters. The predicted molar refractivity (Wildman–Crippen MR) is 107 cm³/mol. The van der Waals surface area contributed by atoms with E-state index in [1.54, 1.807) is 4.90 Å². The maximum atomic E-state index is 13.2. The second-order valence-electron chi connectivity index (χ2n) is 9.08. The van der Waals surface area contributed by atoms with Gasteiger partial charge in [-0.25, -0.2) is 4.98 Å². The third-order valence-corrected chi connectivity index (χ3v) is 6.86. The normalized spacial score (nSPS) is 25.6. The van der Waals surface area contributed by atoms with Crippen LogP contribution in [0, 0.1) is 17.3 Å². The highest BCUT2D eigenvalue weighted by molar-refractivity contribution is 6.08. The van der Waals surface area contributed by atoms with E-state index in [-0.39, 0.29) is 34.6 Å². The van der Waals surface area contributed by atoms with Crippen molar-refractivity contribution in [2.75, 3.05) is 13.1 Å². The Morgan fingerprint density at radius 2 is 1.83 bits per heavy atom. The second kappa shape index (κ2) is 7.35. The highest BCUT2D eigenvalue weighted by Gasteiger charge is 2.48. The molecule has 1 N–H and O–H groups in total. The number of carbonyl (C=O) groups excluding carboxylic acids is 3. The number of hydrogen-bond acceptors (Lipinski definition) is 5. The Kier molecular flexibility index (Phi) is 5.00. The Labute approximate surface area is 170 Å². The third kappa shape index (κ3) is 3.58. The second-order valence-corrected chi connectivity index (χ2v) is 9.08. The average molecular weight is 396 g/mol. The summed E-state index contributed by atoms with van der Waals surface area (Å²) < 4.78 is 0. The molecule has 1 amide bonds. The first-order valence-electron chi connectivity index (χ1n) is 10.4. The topological polar surface area (TPSA) is 96.0 Å². The van der Waals surface area contributed by atoms with E-state index in [9.17, 15) is 14.4 Å². The molecule has 0 aromatic carbocycles. The van der Waals surface area contributed by atoms with Crippen LogP contribution < -0.4 is 0 Å². The third-order valence-electron chi connectivity index (χ3n) is 6.86. The van der Waals surface area contributed by atoms with Crippen molar-refractivity contribution in [1.29, 1.82) is 0 Å². The molecule has 29 heavy (non-hydrogen) atoms. The molecule has 1 unspecified atom stereocenters. The van der Waals surface area contributed by atoms with E-state index in [4.69, 9.17) is 0 Å². The molecule has 2 heterocycles. The van der Waals surface area contributed by atoms with Gasteiger partial charge in [-0.05, 0) is 50.0 Å². The van der Waals surface area contributed by atoms with Gasteiger partial charge >= 0.3 is 0 Å². The number of rotatable bonds is 2. The van der Waals surface area contributed by atoms with Crippen molar-refractivity contribution >= 4 is 17.5 Å². The number of likely N-dealkylation sites (tertiary alicyclic amines) is 1. The number of carbonyl (C=O) groups is 3. The van der Waals surface area contributed by atoms with Crippen molar-refractivity contribution in [3.8, 4) is 0 Å². The van der Waals surface area contributed by atoms with Crippen LogP contribution in [0.2, 0.25) is 0 Å². The molecule has 7 heteroatoms. The van der Waals surface area contributed by atoms with Crippen LogP contribution in [0.4, 0.5) is 0 Å². The zero-order chi connectivity index (χ0) is 20.8. The van der Waals surface area contributed by atoms with Crippen molar-refractivity contribution in [1.82, 2.24) is 20.1 Å². The summed E-state index contributed by atoms with van der Waals surface area (Å²) in [6.45, 7) is 7.31. The van der Waals surface area contributed by atoms with E-state index in [0.717, 1.165) is 17.6 Å². The number of Topliss-reactive ketones (excluding diaryl/α,β-unsaturated/α-hetero) is 2. The summed E-state index contributed by atoms with van der Waals surface area (Å²) in [5.41, 5.74) is 3.10.